The van der Waals surface area contributed by atoms with Gasteiger partial charge in [-0.05, 0) is 68.0 Å². The molecule has 2 aromatic heterocycles. The van der Waals surface area contributed by atoms with Crippen LogP contribution in [-0.4, -0.2) is 71.7 Å². The van der Waals surface area contributed by atoms with Gasteiger partial charge in [0.05, 0.1) is 11.3 Å². The highest BCUT2D eigenvalue weighted by Gasteiger charge is 2.36. The Hall–Kier alpha value is -3.83. The van der Waals surface area contributed by atoms with Crippen LogP contribution >= 0.6 is 0 Å². The summed E-state index contributed by atoms with van der Waals surface area (Å²) in [6.45, 7) is 7.00. The smallest absolute Gasteiger partial charge is 0.270 e. The highest BCUT2D eigenvalue weighted by Crippen LogP contribution is 2.32. The third kappa shape index (κ3) is 5.11. The number of fused-ring (bicyclic) bond motifs is 2. The number of nitrogens with one attached hydrogen (secondary N) is 1. The van der Waals surface area contributed by atoms with Gasteiger partial charge in [0.2, 0.25) is 0 Å². The second-order valence-electron chi connectivity index (χ2n) is 11.3. The van der Waals surface area contributed by atoms with Crippen LogP contribution in [0.2, 0.25) is 0 Å². The lowest BCUT2D eigenvalue weighted by Crippen LogP contribution is -2.60. The Kier molecular flexibility index (Phi) is 7.01. The van der Waals surface area contributed by atoms with Crippen LogP contribution in [0.3, 0.4) is 0 Å². The van der Waals surface area contributed by atoms with E-state index in [9.17, 15) is 10.1 Å². The Labute approximate surface area is 230 Å². The van der Waals surface area contributed by atoms with Crippen molar-refractivity contribution in [2.24, 2.45) is 13.0 Å². The molecular formula is C31H37N7O. The number of piperidine rings is 1. The maximum atomic E-state index is 13.5. The maximum absolute atomic E-state index is 13.5. The number of hydrogen-bond donors (Lipinski definition) is 1. The number of hydrogen-bond acceptors (Lipinski definition) is 6. The lowest BCUT2D eigenvalue weighted by molar-refractivity contribution is 0.0736. The molecule has 8 heteroatoms. The quantitative estimate of drug-likeness (QED) is 0.553. The van der Waals surface area contributed by atoms with Crippen molar-refractivity contribution in [3.63, 3.8) is 0 Å². The first-order chi connectivity index (χ1) is 19.0. The van der Waals surface area contributed by atoms with Gasteiger partial charge in [0.25, 0.3) is 5.91 Å². The fourth-order valence-corrected chi connectivity index (χ4v) is 6.77. The number of amides is 1. The van der Waals surface area contributed by atoms with E-state index in [-0.39, 0.29) is 5.91 Å². The topological polar surface area (TPSA) is 80.4 Å². The lowest BCUT2D eigenvalue weighted by Gasteiger charge is -2.46. The molecule has 3 saturated heterocycles. The van der Waals surface area contributed by atoms with Gasteiger partial charge in [-0.2, -0.15) is 5.26 Å². The molecule has 0 spiro atoms. The molecule has 3 aliphatic rings. The van der Waals surface area contributed by atoms with Gasteiger partial charge in [0, 0.05) is 70.3 Å². The zero-order chi connectivity index (χ0) is 26.9. The van der Waals surface area contributed by atoms with Crippen LogP contribution in [0.4, 0.5) is 11.5 Å². The molecule has 2 bridgehead atoms. The van der Waals surface area contributed by atoms with Crippen molar-refractivity contribution in [3.8, 4) is 6.07 Å². The van der Waals surface area contributed by atoms with E-state index in [1.807, 2.05) is 54.5 Å². The molecule has 2 atom stereocenters. The van der Waals surface area contributed by atoms with Crippen LogP contribution < -0.4 is 15.1 Å². The number of para-hydroxylation sites is 1. The number of aromatic nitrogens is 2. The van der Waals surface area contributed by atoms with Gasteiger partial charge in [-0.1, -0.05) is 18.2 Å². The molecule has 1 aromatic carbocycles. The third-order valence-electron chi connectivity index (χ3n) is 8.86. The summed E-state index contributed by atoms with van der Waals surface area (Å²) in [4.78, 5) is 24.6. The van der Waals surface area contributed by atoms with E-state index in [0.717, 1.165) is 68.2 Å². The number of pyridine rings is 1. The number of nitriles is 1. The molecule has 39 heavy (non-hydrogen) atoms. The molecule has 6 rings (SSSR count). The molecule has 0 saturated carbocycles. The molecule has 2 unspecified atom stereocenters. The van der Waals surface area contributed by atoms with Gasteiger partial charge < -0.3 is 24.6 Å². The number of carbonyl (C=O) groups is 1. The summed E-state index contributed by atoms with van der Waals surface area (Å²) in [5, 5.41) is 13.4. The van der Waals surface area contributed by atoms with E-state index < -0.39 is 0 Å². The third-order valence-corrected chi connectivity index (χ3v) is 8.86. The largest absolute Gasteiger partial charge is 0.367 e. The van der Waals surface area contributed by atoms with Crippen molar-refractivity contribution in [3.05, 3.63) is 77.2 Å². The first kappa shape index (κ1) is 25.4. The van der Waals surface area contributed by atoms with E-state index in [4.69, 9.17) is 0 Å². The zero-order valence-electron chi connectivity index (χ0n) is 22.9. The van der Waals surface area contributed by atoms with E-state index >= 15 is 0 Å². The van der Waals surface area contributed by atoms with Crippen LogP contribution in [0.25, 0.3) is 0 Å². The fraction of sp³-hybridized carbons (Fsp3) is 0.452. The monoisotopic (exact) mass is 523 g/mol. The summed E-state index contributed by atoms with van der Waals surface area (Å²) < 4.78 is 2.09. The Morgan fingerprint density at radius 2 is 1.74 bits per heavy atom. The van der Waals surface area contributed by atoms with E-state index in [1.54, 1.807) is 0 Å². The van der Waals surface area contributed by atoms with Crippen LogP contribution in [0.1, 0.15) is 40.2 Å². The highest BCUT2D eigenvalue weighted by molar-refractivity contribution is 5.93. The van der Waals surface area contributed by atoms with Gasteiger partial charge >= 0.3 is 0 Å². The number of rotatable bonds is 5. The van der Waals surface area contributed by atoms with Crippen molar-refractivity contribution in [2.75, 3.05) is 49.1 Å². The molecule has 0 radical (unpaired) electrons. The Morgan fingerprint density at radius 1 is 1.03 bits per heavy atom. The SMILES string of the molecule is Cc1c(CC2CC3CN(c4ccccc4C#N)CC(C2)N3)cc(C(=O)N2CCN(c3ccccn3)CC2)n1C. The molecule has 1 amide bonds. The van der Waals surface area contributed by atoms with Crippen molar-refractivity contribution < 1.29 is 4.79 Å². The first-order valence-corrected chi connectivity index (χ1v) is 14.1. The number of piperazine rings is 2. The molecule has 202 valence electrons. The fourth-order valence-electron chi connectivity index (χ4n) is 6.77. The van der Waals surface area contributed by atoms with Crippen LogP contribution in [0.15, 0.2) is 54.7 Å². The zero-order valence-corrected chi connectivity index (χ0v) is 22.9. The van der Waals surface area contributed by atoms with Crippen molar-refractivity contribution in [1.82, 2.24) is 19.8 Å². The van der Waals surface area contributed by atoms with E-state index in [1.165, 1.54) is 11.3 Å². The van der Waals surface area contributed by atoms with Crippen LogP contribution in [0, 0.1) is 24.2 Å². The van der Waals surface area contributed by atoms with Crippen LogP contribution in [0.5, 0.6) is 0 Å². The normalized spacial score (nSPS) is 23.0. The summed E-state index contributed by atoms with van der Waals surface area (Å²) >= 11 is 0. The standard InChI is InChI=1S/C31H37N7O/c1-22-25(15-23-16-26-20-38(21-27(17-23)34-26)28-8-4-3-7-24(28)19-32)18-29(35(22)2)31(39)37-13-11-36(12-14-37)30-9-5-6-10-33-30/h3-10,18,23,26-27,34H,11-17,20-21H2,1-2H3. The molecule has 3 fully saturated rings. The second kappa shape index (κ2) is 10.7. The summed E-state index contributed by atoms with van der Waals surface area (Å²) in [6, 6.07) is 19.2. The van der Waals surface area contributed by atoms with Gasteiger partial charge in [0.15, 0.2) is 0 Å². The minimum Gasteiger partial charge on any atom is -0.367 e. The molecular weight excluding hydrogens is 486 g/mol. The second-order valence-corrected chi connectivity index (χ2v) is 11.3. The Morgan fingerprint density at radius 3 is 2.44 bits per heavy atom. The minimum absolute atomic E-state index is 0.126. The number of anilines is 2. The van der Waals surface area contributed by atoms with Gasteiger partial charge in [-0.15, -0.1) is 0 Å². The summed E-state index contributed by atoms with van der Waals surface area (Å²) in [5.74, 6) is 1.69. The number of nitrogens with zero attached hydrogens (tertiary/aromatic N) is 6. The molecule has 8 nitrogen and oxygen atoms in total. The molecule has 5 heterocycles. The predicted octanol–water partition coefficient (Wildman–Crippen LogP) is 3.36. The van der Waals surface area contributed by atoms with Gasteiger partial charge in [0.1, 0.15) is 17.6 Å². The predicted molar refractivity (Wildman–Crippen MR) is 153 cm³/mol. The van der Waals surface area contributed by atoms with Gasteiger partial charge in [-0.25, -0.2) is 4.98 Å². The molecule has 3 aliphatic heterocycles. The Balaban J connectivity index is 1.09. The highest BCUT2D eigenvalue weighted by atomic mass is 16.2. The van der Waals surface area contributed by atoms with Crippen LogP contribution in [-0.2, 0) is 13.5 Å². The molecule has 1 N–H and O–H groups in total. The Bertz CT molecular complexity index is 1360. The summed E-state index contributed by atoms with van der Waals surface area (Å²) in [7, 11) is 2.03. The maximum Gasteiger partial charge on any atom is 0.270 e. The summed E-state index contributed by atoms with van der Waals surface area (Å²) in [5.41, 5.74) is 5.09. The minimum atomic E-state index is 0.126. The average Bonchev–Trinajstić information content (AvgIpc) is 3.25. The average molecular weight is 524 g/mol. The molecule has 3 aromatic rings. The lowest BCUT2D eigenvalue weighted by atomic mass is 9.81. The van der Waals surface area contributed by atoms with E-state index in [0.29, 0.717) is 31.1 Å². The van der Waals surface area contributed by atoms with Gasteiger partial charge in [-0.3, -0.25) is 4.79 Å². The summed E-state index contributed by atoms with van der Waals surface area (Å²) in [6.07, 6.45) is 5.04. The van der Waals surface area contributed by atoms with Crippen molar-refractivity contribution >= 4 is 17.4 Å². The van der Waals surface area contributed by atoms with E-state index in [2.05, 4.69) is 49.8 Å². The number of carbonyl (C=O) groups excluding carboxylic acids is 1. The van der Waals surface area contributed by atoms with Crippen molar-refractivity contribution in [1.29, 1.82) is 5.26 Å². The molecule has 0 aliphatic carbocycles. The number of benzene rings is 1. The first-order valence-electron chi connectivity index (χ1n) is 14.1. The van der Waals surface area contributed by atoms with Crippen molar-refractivity contribution in [2.45, 2.75) is 38.3 Å².